The van der Waals surface area contributed by atoms with Gasteiger partial charge in [-0.3, -0.25) is 4.90 Å². The number of nitriles is 1. The second-order valence-corrected chi connectivity index (χ2v) is 7.77. The van der Waals surface area contributed by atoms with Gasteiger partial charge in [0.2, 0.25) is 0 Å². The molecular formula is C16H29N3. The Morgan fingerprint density at radius 3 is 2.53 bits per heavy atom. The molecule has 0 aromatic heterocycles. The molecule has 2 fully saturated rings. The third-order valence-electron chi connectivity index (χ3n) is 4.20. The molecular weight excluding hydrogens is 234 g/mol. The van der Waals surface area contributed by atoms with Crippen molar-refractivity contribution in [1.82, 2.24) is 10.2 Å². The van der Waals surface area contributed by atoms with E-state index in [9.17, 15) is 0 Å². The fourth-order valence-electron chi connectivity index (χ4n) is 3.35. The number of nitrogens with zero attached hydrogens (tertiary/aromatic N) is 2. The van der Waals surface area contributed by atoms with E-state index in [1.165, 1.54) is 32.2 Å². The van der Waals surface area contributed by atoms with Crippen LogP contribution in [0.4, 0.5) is 0 Å². The van der Waals surface area contributed by atoms with E-state index in [0.717, 1.165) is 24.9 Å². The lowest BCUT2D eigenvalue weighted by Crippen LogP contribution is -2.50. The molecule has 2 rings (SSSR count). The Bertz CT molecular complexity index is 322. The first kappa shape index (κ1) is 14.8. The van der Waals surface area contributed by atoms with Gasteiger partial charge in [-0.1, -0.05) is 20.8 Å². The van der Waals surface area contributed by atoms with Crippen molar-refractivity contribution in [2.24, 2.45) is 17.3 Å². The van der Waals surface area contributed by atoms with Crippen molar-refractivity contribution < 1.29 is 0 Å². The first-order valence-corrected chi connectivity index (χ1v) is 7.79. The smallest absolute Gasteiger partial charge is 0.0866 e. The molecule has 0 radical (unpaired) electrons. The van der Waals surface area contributed by atoms with Crippen LogP contribution in [0.25, 0.3) is 0 Å². The predicted molar refractivity (Wildman–Crippen MR) is 78.7 cm³/mol. The molecule has 0 bridgehead atoms. The topological polar surface area (TPSA) is 39.1 Å². The number of hydrogen-bond acceptors (Lipinski definition) is 3. The van der Waals surface area contributed by atoms with E-state index in [0.29, 0.717) is 18.0 Å². The zero-order valence-corrected chi connectivity index (χ0v) is 12.8. The van der Waals surface area contributed by atoms with Crippen LogP contribution < -0.4 is 5.32 Å². The first-order chi connectivity index (χ1) is 8.96. The third-order valence-corrected chi connectivity index (χ3v) is 4.20. The molecule has 2 aliphatic rings. The summed E-state index contributed by atoms with van der Waals surface area (Å²) in [5.74, 6) is 1.67. The van der Waals surface area contributed by atoms with E-state index in [-0.39, 0.29) is 0 Å². The third kappa shape index (κ3) is 5.50. The Morgan fingerprint density at radius 2 is 1.95 bits per heavy atom. The monoisotopic (exact) mass is 263 g/mol. The maximum atomic E-state index is 8.94. The number of piperidine rings is 1. The van der Waals surface area contributed by atoms with E-state index in [2.05, 4.69) is 37.1 Å². The van der Waals surface area contributed by atoms with Gasteiger partial charge in [0.1, 0.15) is 0 Å². The predicted octanol–water partition coefficient (Wildman–Crippen LogP) is 2.64. The summed E-state index contributed by atoms with van der Waals surface area (Å²) in [5.41, 5.74) is 0.390. The summed E-state index contributed by atoms with van der Waals surface area (Å²) in [7, 11) is 0. The van der Waals surface area contributed by atoms with Crippen molar-refractivity contribution in [2.45, 2.75) is 52.5 Å². The largest absolute Gasteiger partial charge is 0.312 e. The summed E-state index contributed by atoms with van der Waals surface area (Å²) >= 11 is 0. The van der Waals surface area contributed by atoms with Gasteiger partial charge in [0.15, 0.2) is 0 Å². The minimum atomic E-state index is 0.390. The fourth-order valence-corrected chi connectivity index (χ4v) is 3.35. The van der Waals surface area contributed by atoms with E-state index < -0.39 is 0 Å². The average Bonchev–Trinajstić information content (AvgIpc) is 3.08. The number of rotatable bonds is 5. The van der Waals surface area contributed by atoms with Gasteiger partial charge in [-0.25, -0.2) is 0 Å². The maximum absolute atomic E-state index is 8.94. The molecule has 0 spiro atoms. The van der Waals surface area contributed by atoms with Gasteiger partial charge in [-0.05, 0) is 49.5 Å². The second-order valence-electron chi connectivity index (χ2n) is 7.77. The van der Waals surface area contributed by atoms with Gasteiger partial charge in [0.25, 0.3) is 0 Å². The van der Waals surface area contributed by atoms with E-state index >= 15 is 0 Å². The van der Waals surface area contributed by atoms with Crippen molar-refractivity contribution in [3.63, 3.8) is 0 Å². The molecule has 1 saturated carbocycles. The number of likely N-dealkylation sites (tertiary alicyclic amines) is 1. The molecule has 0 amide bonds. The second kappa shape index (κ2) is 6.24. The van der Waals surface area contributed by atoms with Gasteiger partial charge >= 0.3 is 0 Å². The van der Waals surface area contributed by atoms with Crippen LogP contribution in [0.3, 0.4) is 0 Å². The summed E-state index contributed by atoms with van der Waals surface area (Å²) in [5, 5.41) is 12.7. The van der Waals surface area contributed by atoms with Gasteiger partial charge < -0.3 is 5.32 Å². The van der Waals surface area contributed by atoms with Crippen LogP contribution in [0.1, 0.15) is 46.5 Å². The molecule has 1 N–H and O–H groups in total. The average molecular weight is 263 g/mol. The van der Waals surface area contributed by atoms with Crippen LogP contribution in [0.5, 0.6) is 0 Å². The Balaban J connectivity index is 1.85. The number of hydrogen-bond donors (Lipinski definition) is 1. The Kier molecular flexibility index (Phi) is 4.86. The van der Waals surface area contributed by atoms with Crippen LogP contribution in [-0.4, -0.2) is 37.1 Å². The van der Waals surface area contributed by atoms with Crippen molar-refractivity contribution in [2.75, 3.05) is 26.2 Å². The van der Waals surface area contributed by atoms with E-state index in [1.807, 2.05) is 0 Å². The quantitative estimate of drug-likeness (QED) is 0.775. The van der Waals surface area contributed by atoms with E-state index in [4.69, 9.17) is 5.26 Å². The molecule has 0 aromatic carbocycles. The molecule has 1 heterocycles. The summed E-state index contributed by atoms with van der Waals surface area (Å²) in [6, 6.07) is 2.91. The maximum Gasteiger partial charge on any atom is 0.0866 e. The Hall–Kier alpha value is -0.590. The molecule has 2 unspecified atom stereocenters. The first-order valence-electron chi connectivity index (χ1n) is 7.79. The lowest BCUT2D eigenvalue weighted by Gasteiger charge is -2.39. The molecule has 3 heteroatoms. The fraction of sp³-hybridized carbons (Fsp3) is 0.938. The minimum Gasteiger partial charge on any atom is -0.312 e. The highest BCUT2D eigenvalue weighted by molar-refractivity contribution is 4.90. The van der Waals surface area contributed by atoms with Gasteiger partial charge in [-0.15, -0.1) is 0 Å². The number of nitrogens with one attached hydrogen (secondary N) is 1. The van der Waals surface area contributed by atoms with Gasteiger partial charge in [-0.2, -0.15) is 5.26 Å². The highest BCUT2D eigenvalue weighted by Crippen LogP contribution is 2.31. The van der Waals surface area contributed by atoms with Gasteiger partial charge in [0.05, 0.1) is 12.6 Å². The standard InChI is InChI=1S/C16H29N3/c1-16(2,3)9-14-8-15(18-10-13-4-5-13)12-19(11-14)7-6-17/h13-15,18H,4-5,7-12H2,1-3H3. The van der Waals surface area contributed by atoms with Crippen molar-refractivity contribution in [3.05, 3.63) is 0 Å². The molecule has 0 aromatic rings. The van der Waals surface area contributed by atoms with Gasteiger partial charge in [0, 0.05) is 19.1 Å². The Morgan fingerprint density at radius 1 is 1.21 bits per heavy atom. The molecule has 1 aliphatic heterocycles. The van der Waals surface area contributed by atoms with Crippen LogP contribution >= 0.6 is 0 Å². The zero-order chi connectivity index (χ0) is 13.9. The lowest BCUT2D eigenvalue weighted by molar-refractivity contribution is 0.124. The molecule has 3 nitrogen and oxygen atoms in total. The Labute approximate surface area is 118 Å². The lowest BCUT2D eigenvalue weighted by atomic mass is 9.80. The molecule has 108 valence electrons. The highest BCUT2D eigenvalue weighted by Gasteiger charge is 2.31. The van der Waals surface area contributed by atoms with Crippen LogP contribution in [-0.2, 0) is 0 Å². The summed E-state index contributed by atoms with van der Waals surface area (Å²) in [4.78, 5) is 2.34. The molecule has 1 aliphatic carbocycles. The van der Waals surface area contributed by atoms with Crippen LogP contribution in [0.15, 0.2) is 0 Å². The molecule has 2 atom stereocenters. The van der Waals surface area contributed by atoms with E-state index in [1.54, 1.807) is 0 Å². The summed E-state index contributed by atoms with van der Waals surface area (Å²) in [6.07, 6.45) is 5.36. The zero-order valence-electron chi connectivity index (χ0n) is 12.8. The minimum absolute atomic E-state index is 0.390. The molecule has 1 saturated heterocycles. The van der Waals surface area contributed by atoms with Crippen LogP contribution in [0, 0.1) is 28.6 Å². The van der Waals surface area contributed by atoms with Crippen molar-refractivity contribution in [1.29, 1.82) is 5.26 Å². The van der Waals surface area contributed by atoms with Crippen molar-refractivity contribution in [3.8, 4) is 6.07 Å². The highest BCUT2D eigenvalue weighted by atomic mass is 15.2. The normalized spacial score (nSPS) is 29.2. The van der Waals surface area contributed by atoms with Crippen molar-refractivity contribution >= 4 is 0 Å². The molecule has 19 heavy (non-hydrogen) atoms. The summed E-state index contributed by atoms with van der Waals surface area (Å²) < 4.78 is 0. The SMILES string of the molecule is CC(C)(C)CC1CC(NCC2CC2)CN(CC#N)C1. The summed E-state index contributed by atoms with van der Waals surface area (Å²) in [6.45, 7) is 10.9. The van der Waals surface area contributed by atoms with Crippen LogP contribution in [0.2, 0.25) is 0 Å².